The van der Waals surface area contributed by atoms with Crippen LogP contribution < -0.4 is 0 Å². The maximum atomic E-state index is 12.7. The minimum atomic E-state index is -0.953. The van der Waals surface area contributed by atoms with Gasteiger partial charge in [-0.1, -0.05) is 0 Å². The van der Waals surface area contributed by atoms with E-state index in [-0.39, 0.29) is 5.78 Å². The van der Waals surface area contributed by atoms with Crippen molar-refractivity contribution in [1.29, 1.82) is 0 Å². The number of Topliss-reactive ketones (excluding diaryl/α,β-unsaturated/α-hetero) is 1. The van der Waals surface area contributed by atoms with Crippen LogP contribution in [0.25, 0.3) is 0 Å². The van der Waals surface area contributed by atoms with Gasteiger partial charge in [0.05, 0.1) is 6.54 Å². The molecule has 1 fully saturated rings. The van der Waals surface area contributed by atoms with Crippen LogP contribution in [0.1, 0.15) is 42.0 Å². The number of urea groups is 1. The smallest absolute Gasteiger partial charge is 0.334 e. The van der Waals surface area contributed by atoms with Gasteiger partial charge in [-0.05, 0) is 40.2 Å². The van der Waals surface area contributed by atoms with E-state index >= 15 is 0 Å². The van der Waals surface area contributed by atoms with Crippen LogP contribution >= 0.6 is 0 Å². The Kier molecular flexibility index (Phi) is 5.97. The molecule has 0 atom stereocenters. The minimum Gasteiger partial charge on any atom is -0.385 e. The lowest BCUT2D eigenvalue weighted by atomic mass is 10.1. The second kappa shape index (κ2) is 7.82. The number of ketones is 1. The molecular weight excluding hydrogens is 338 g/mol. The summed E-state index contributed by atoms with van der Waals surface area (Å²) >= 11 is 0. The molecule has 0 saturated carbocycles. The lowest BCUT2D eigenvalue weighted by Crippen LogP contribution is -2.39. The van der Waals surface area contributed by atoms with Crippen molar-refractivity contribution in [2.75, 3.05) is 20.3 Å². The molecule has 2 heterocycles. The number of ether oxygens (including phenoxy) is 1. The summed E-state index contributed by atoms with van der Waals surface area (Å²) in [6.45, 7) is 7.89. The molecule has 0 aromatic carbocycles. The van der Waals surface area contributed by atoms with E-state index in [4.69, 9.17) is 4.74 Å². The van der Waals surface area contributed by atoms with Crippen LogP contribution in [0.5, 0.6) is 0 Å². The lowest BCUT2D eigenvalue weighted by Gasteiger charge is -2.18. The van der Waals surface area contributed by atoms with Gasteiger partial charge < -0.3 is 9.30 Å². The third-order valence-corrected chi connectivity index (χ3v) is 4.51. The second-order valence-electron chi connectivity index (χ2n) is 6.65. The summed E-state index contributed by atoms with van der Waals surface area (Å²) in [6, 6.07) is 0.569. The van der Waals surface area contributed by atoms with E-state index in [0.29, 0.717) is 18.7 Å². The molecule has 4 amide bonds. The molecule has 1 aliphatic heterocycles. The Bertz CT molecular complexity index is 750. The van der Waals surface area contributed by atoms with Crippen molar-refractivity contribution in [2.24, 2.45) is 0 Å². The van der Waals surface area contributed by atoms with Gasteiger partial charge in [0.2, 0.25) is 0 Å². The monoisotopic (exact) mass is 363 g/mol. The van der Waals surface area contributed by atoms with Crippen molar-refractivity contribution in [2.45, 2.75) is 46.7 Å². The van der Waals surface area contributed by atoms with Crippen LogP contribution in [0.2, 0.25) is 0 Å². The van der Waals surface area contributed by atoms with Gasteiger partial charge in [0.1, 0.15) is 0 Å². The number of rotatable bonds is 8. The number of nitrogens with zero attached hydrogens (tertiary/aromatic N) is 3. The molecule has 0 N–H and O–H groups in total. The van der Waals surface area contributed by atoms with Gasteiger partial charge in [-0.25, -0.2) is 9.69 Å². The normalized spacial score (nSPS) is 14.9. The zero-order valence-electron chi connectivity index (χ0n) is 15.9. The first-order chi connectivity index (χ1) is 12.2. The van der Waals surface area contributed by atoms with Gasteiger partial charge in [-0.3, -0.25) is 19.3 Å². The summed E-state index contributed by atoms with van der Waals surface area (Å²) < 4.78 is 7.06. The third kappa shape index (κ3) is 3.55. The quantitative estimate of drug-likeness (QED) is 0.302. The molecule has 0 radical (unpaired) electrons. The summed E-state index contributed by atoms with van der Waals surface area (Å²) in [7, 11) is 1.64. The molecule has 0 bridgehead atoms. The van der Waals surface area contributed by atoms with Gasteiger partial charge in [0.25, 0.3) is 0 Å². The highest BCUT2D eigenvalue weighted by Gasteiger charge is 2.46. The fourth-order valence-corrected chi connectivity index (χ4v) is 3.14. The van der Waals surface area contributed by atoms with E-state index < -0.39 is 30.4 Å². The molecule has 142 valence electrons. The molecular formula is C18H25N3O5. The summed E-state index contributed by atoms with van der Waals surface area (Å²) in [4.78, 5) is 50.6. The number of aromatic nitrogens is 1. The van der Waals surface area contributed by atoms with Gasteiger partial charge in [0, 0.05) is 43.3 Å². The summed E-state index contributed by atoms with van der Waals surface area (Å²) in [6.07, 6.45) is 0.807. The Morgan fingerprint density at radius 2 is 1.81 bits per heavy atom. The molecule has 26 heavy (non-hydrogen) atoms. The number of hydrogen-bond acceptors (Lipinski definition) is 5. The average Bonchev–Trinajstić information content (AvgIpc) is 2.97. The van der Waals surface area contributed by atoms with Crippen LogP contribution in [0.3, 0.4) is 0 Å². The summed E-state index contributed by atoms with van der Waals surface area (Å²) in [5, 5.41) is 0. The Labute approximate surface area is 152 Å². The number of methoxy groups -OCH3 is 1. The van der Waals surface area contributed by atoms with Crippen LogP contribution in [0.4, 0.5) is 4.79 Å². The predicted molar refractivity (Wildman–Crippen MR) is 93.8 cm³/mol. The number of hydrogen-bond donors (Lipinski definition) is 0. The molecule has 2 rings (SSSR count). The zero-order valence-corrected chi connectivity index (χ0v) is 15.9. The SMILES string of the molecule is COCCCn1c(C)cc(C(=O)CN2C(=O)C(=O)N(C(C)C)C2=O)c1C. The maximum Gasteiger partial charge on any atom is 0.334 e. The Hall–Kier alpha value is -2.48. The molecule has 0 unspecified atom stereocenters. The lowest BCUT2D eigenvalue weighted by molar-refractivity contribution is -0.143. The zero-order chi connectivity index (χ0) is 19.6. The number of aryl methyl sites for hydroxylation is 1. The van der Waals surface area contributed by atoms with Crippen molar-refractivity contribution in [3.05, 3.63) is 23.0 Å². The Balaban J connectivity index is 2.18. The largest absolute Gasteiger partial charge is 0.385 e. The highest BCUT2D eigenvalue weighted by molar-refractivity contribution is 6.45. The van der Waals surface area contributed by atoms with E-state index in [1.54, 1.807) is 27.0 Å². The topological polar surface area (TPSA) is 88.9 Å². The van der Waals surface area contributed by atoms with Crippen molar-refractivity contribution >= 4 is 23.6 Å². The number of carbonyl (C=O) groups excluding carboxylic acids is 4. The molecule has 0 aliphatic carbocycles. The standard InChI is InChI=1S/C18H25N3O5/c1-11(2)21-17(24)16(23)20(18(21)25)10-15(22)14-9-12(3)19(13(14)4)7-6-8-26-5/h9,11H,6-8,10H2,1-5H3. The summed E-state index contributed by atoms with van der Waals surface area (Å²) in [5.74, 6) is -2.20. The Morgan fingerprint density at radius 1 is 1.15 bits per heavy atom. The van der Waals surface area contributed by atoms with E-state index in [9.17, 15) is 19.2 Å². The van der Waals surface area contributed by atoms with E-state index in [1.165, 1.54) is 0 Å². The van der Waals surface area contributed by atoms with Crippen molar-refractivity contribution in [3.63, 3.8) is 0 Å². The minimum absolute atomic E-state index is 0.365. The number of carbonyl (C=O) groups is 4. The molecule has 1 aromatic heterocycles. The molecule has 8 heteroatoms. The van der Waals surface area contributed by atoms with Gasteiger partial charge >= 0.3 is 17.8 Å². The van der Waals surface area contributed by atoms with Crippen LogP contribution in [0.15, 0.2) is 6.07 Å². The van der Waals surface area contributed by atoms with Gasteiger partial charge in [0.15, 0.2) is 5.78 Å². The van der Waals surface area contributed by atoms with Crippen molar-refractivity contribution in [3.8, 4) is 0 Å². The van der Waals surface area contributed by atoms with Crippen LogP contribution in [-0.2, 0) is 20.9 Å². The van der Waals surface area contributed by atoms with Gasteiger partial charge in [-0.2, -0.15) is 0 Å². The first kappa shape index (κ1) is 19.8. The first-order valence-corrected chi connectivity index (χ1v) is 8.58. The fourth-order valence-electron chi connectivity index (χ4n) is 3.14. The van der Waals surface area contributed by atoms with Crippen molar-refractivity contribution in [1.82, 2.24) is 14.4 Å². The average molecular weight is 363 g/mol. The number of amides is 4. The fraction of sp³-hybridized carbons (Fsp3) is 0.556. The molecule has 8 nitrogen and oxygen atoms in total. The molecule has 1 saturated heterocycles. The molecule has 1 aliphatic rings. The van der Waals surface area contributed by atoms with E-state index in [2.05, 4.69) is 0 Å². The molecule has 1 aromatic rings. The maximum absolute atomic E-state index is 12.7. The molecule has 0 spiro atoms. The van der Waals surface area contributed by atoms with Crippen molar-refractivity contribution < 1.29 is 23.9 Å². The van der Waals surface area contributed by atoms with E-state index in [1.807, 2.05) is 18.4 Å². The third-order valence-electron chi connectivity index (χ3n) is 4.51. The predicted octanol–water partition coefficient (Wildman–Crippen LogP) is 1.52. The highest BCUT2D eigenvalue weighted by atomic mass is 16.5. The Morgan fingerprint density at radius 3 is 2.35 bits per heavy atom. The summed E-state index contributed by atoms with van der Waals surface area (Å²) in [5.41, 5.74) is 2.15. The second-order valence-corrected chi connectivity index (χ2v) is 6.65. The van der Waals surface area contributed by atoms with Crippen LogP contribution in [-0.4, -0.2) is 64.3 Å². The first-order valence-electron chi connectivity index (χ1n) is 8.58. The highest BCUT2D eigenvalue weighted by Crippen LogP contribution is 2.20. The van der Waals surface area contributed by atoms with E-state index in [0.717, 1.165) is 27.6 Å². The number of imide groups is 2. The van der Waals surface area contributed by atoms with Gasteiger partial charge in [-0.15, -0.1) is 0 Å². The van der Waals surface area contributed by atoms with Crippen LogP contribution in [0, 0.1) is 13.8 Å².